The molecule has 1 unspecified atom stereocenters. The number of rotatable bonds is 2. The standard InChI is InChI=1S/C15H15N5OS/c1-10-18-13-3-2-11(8-14(13)22-10)15(21)19-7-4-12(9-19)20-16-5-6-17-20/h2-3,5-6,8,12H,4,7,9H2,1H3. The van der Waals surface area contributed by atoms with Gasteiger partial charge in [0.15, 0.2) is 0 Å². The maximum absolute atomic E-state index is 12.7. The van der Waals surface area contributed by atoms with Crippen LogP contribution in [-0.2, 0) is 0 Å². The first-order chi connectivity index (χ1) is 10.7. The Kier molecular flexibility index (Phi) is 3.15. The summed E-state index contributed by atoms with van der Waals surface area (Å²) in [7, 11) is 0. The molecule has 1 aromatic carbocycles. The molecular formula is C15H15N5OS. The highest BCUT2D eigenvalue weighted by Gasteiger charge is 2.29. The molecule has 0 radical (unpaired) electrons. The first-order valence-electron chi connectivity index (χ1n) is 7.23. The average molecular weight is 313 g/mol. The lowest BCUT2D eigenvalue weighted by atomic mass is 10.2. The van der Waals surface area contributed by atoms with Gasteiger partial charge in [-0.1, -0.05) is 0 Å². The highest BCUT2D eigenvalue weighted by Crippen LogP contribution is 2.25. The van der Waals surface area contributed by atoms with Gasteiger partial charge in [-0.15, -0.1) is 11.3 Å². The number of aryl methyl sites for hydroxylation is 1. The fourth-order valence-corrected chi connectivity index (χ4v) is 3.75. The Morgan fingerprint density at radius 3 is 2.95 bits per heavy atom. The third-order valence-corrected chi connectivity index (χ3v) is 4.89. The second-order valence-corrected chi connectivity index (χ2v) is 6.69. The topological polar surface area (TPSA) is 63.9 Å². The molecule has 2 aromatic heterocycles. The van der Waals surface area contributed by atoms with Gasteiger partial charge in [-0.2, -0.15) is 15.0 Å². The molecule has 0 N–H and O–H groups in total. The third kappa shape index (κ3) is 2.27. The number of hydrogen-bond donors (Lipinski definition) is 0. The van der Waals surface area contributed by atoms with Crippen LogP contribution in [0.1, 0.15) is 27.8 Å². The van der Waals surface area contributed by atoms with E-state index < -0.39 is 0 Å². The Bertz CT molecular complexity index is 826. The van der Waals surface area contributed by atoms with E-state index in [2.05, 4.69) is 15.2 Å². The van der Waals surface area contributed by atoms with Crippen LogP contribution in [0, 0.1) is 6.92 Å². The summed E-state index contributed by atoms with van der Waals surface area (Å²) in [6.45, 7) is 3.38. The summed E-state index contributed by atoms with van der Waals surface area (Å²) in [4.78, 5) is 20.7. The number of carbonyl (C=O) groups is 1. The van der Waals surface area contributed by atoms with Crippen LogP contribution in [-0.4, -0.2) is 43.9 Å². The van der Waals surface area contributed by atoms with Crippen molar-refractivity contribution in [1.29, 1.82) is 0 Å². The molecule has 0 spiro atoms. The molecule has 1 fully saturated rings. The molecular weight excluding hydrogens is 298 g/mol. The fraction of sp³-hybridized carbons (Fsp3) is 0.333. The molecule has 112 valence electrons. The van der Waals surface area contributed by atoms with Crippen molar-refractivity contribution >= 4 is 27.5 Å². The van der Waals surface area contributed by atoms with E-state index in [4.69, 9.17) is 0 Å². The SMILES string of the molecule is Cc1nc2ccc(C(=O)N3CCC(n4nccn4)C3)cc2s1. The van der Waals surface area contributed by atoms with Gasteiger partial charge in [0.25, 0.3) is 5.91 Å². The normalized spacial score (nSPS) is 18.2. The molecule has 1 aliphatic rings. The van der Waals surface area contributed by atoms with Crippen molar-refractivity contribution in [2.75, 3.05) is 13.1 Å². The molecule has 0 aliphatic carbocycles. The molecule has 0 saturated carbocycles. The average Bonchev–Trinajstić information content (AvgIpc) is 3.24. The van der Waals surface area contributed by atoms with Gasteiger partial charge in [-0.05, 0) is 31.5 Å². The van der Waals surface area contributed by atoms with Crippen LogP contribution in [0.2, 0.25) is 0 Å². The Morgan fingerprint density at radius 1 is 1.32 bits per heavy atom. The Labute approximate surface area is 131 Å². The van der Waals surface area contributed by atoms with Crippen molar-refractivity contribution in [3.63, 3.8) is 0 Å². The predicted octanol–water partition coefficient (Wildman–Crippen LogP) is 2.28. The fourth-order valence-electron chi connectivity index (χ4n) is 2.88. The van der Waals surface area contributed by atoms with E-state index in [0.717, 1.165) is 33.8 Å². The molecule has 1 atom stereocenters. The van der Waals surface area contributed by atoms with Crippen molar-refractivity contribution in [2.24, 2.45) is 0 Å². The summed E-state index contributed by atoms with van der Waals surface area (Å²) < 4.78 is 1.06. The van der Waals surface area contributed by atoms with Crippen molar-refractivity contribution in [3.05, 3.63) is 41.2 Å². The maximum atomic E-state index is 12.7. The molecule has 1 aliphatic heterocycles. The van der Waals surface area contributed by atoms with Crippen molar-refractivity contribution < 1.29 is 4.79 Å². The van der Waals surface area contributed by atoms with Crippen LogP contribution in [0.5, 0.6) is 0 Å². The number of likely N-dealkylation sites (tertiary alicyclic amines) is 1. The predicted molar refractivity (Wildman–Crippen MR) is 83.9 cm³/mol. The van der Waals surface area contributed by atoms with E-state index in [-0.39, 0.29) is 11.9 Å². The number of thiazole rings is 1. The molecule has 6 nitrogen and oxygen atoms in total. The van der Waals surface area contributed by atoms with Crippen LogP contribution >= 0.6 is 11.3 Å². The van der Waals surface area contributed by atoms with Crippen molar-refractivity contribution in [3.8, 4) is 0 Å². The lowest BCUT2D eigenvalue weighted by Gasteiger charge is -2.16. The number of fused-ring (bicyclic) bond motifs is 1. The summed E-state index contributed by atoms with van der Waals surface area (Å²) in [6.07, 6.45) is 4.23. The first-order valence-corrected chi connectivity index (χ1v) is 8.04. The molecule has 4 rings (SSSR count). The van der Waals surface area contributed by atoms with Gasteiger partial charge in [0.1, 0.15) is 0 Å². The number of amides is 1. The van der Waals surface area contributed by atoms with Gasteiger partial charge in [0.2, 0.25) is 0 Å². The lowest BCUT2D eigenvalue weighted by Crippen LogP contribution is -2.29. The van der Waals surface area contributed by atoms with Crippen LogP contribution in [0.25, 0.3) is 10.2 Å². The Morgan fingerprint density at radius 2 is 2.14 bits per heavy atom. The smallest absolute Gasteiger partial charge is 0.253 e. The molecule has 1 amide bonds. The lowest BCUT2D eigenvalue weighted by molar-refractivity contribution is 0.0786. The monoisotopic (exact) mass is 313 g/mol. The summed E-state index contributed by atoms with van der Waals surface area (Å²) >= 11 is 1.62. The van der Waals surface area contributed by atoms with Crippen LogP contribution in [0.15, 0.2) is 30.6 Å². The summed E-state index contributed by atoms with van der Waals surface area (Å²) in [5.41, 5.74) is 1.68. The molecule has 1 saturated heterocycles. The minimum Gasteiger partial charge on any atom is -0.336 e. The van der Waals surface area contributed by atoms with Crippen molar-refractivity contribution in [1.82, 2.24) is 24.9 Å². The number of carbonyl (C=O) groups excluding carboxylic acids is 1. The zero-order chi connectivity index (χ0) is 15.1. The van der Waals surface area contributed by atoms with E-state index in [1.807, 2.05) is 30.0 Å². The Hall–Kier alpha value is -2.28. The van der Waals surface area contributed by atoms with Gasteiger partial charge in [-0.25, -0.2) is 4.98 Å². The second kappa shape index (κ2) is 5.17. The third-order valence-electron chi connectivity index (χ3n) is 3.96. The van der Waals surface area contributed by atoms with E-state index in [0.29, 0.717) is 6.54 Å². The maximum Gasteiger partial charge on any atom is 0.253 e. The van der Waals surface area contributed by atoms with Crippen LogP contribution in [0.4, 0.5) is 0 Å². The minimum absolute atomic E-state index is 0.0719. The molecule has 0 bridgehead atoms. The summed E-state index contributed by atoms with van der Waals surface area (Å²) in [6, 6.07) is 5.91. The zero-order valence-corrected chi connectivity index (χ0v) is 13.0. The van der Waals surface area contributed by atoms with Gasteiger partial charge in [-0.3, -0.25) is 4.79 Å². The van der Waals surface area contributed by atoms with Gasteiger partial charge in [0.05, 0.1) is 33.7 Å². The highest BCUT2D eigenvalue weighted by atomic mass is 32.1. The van der Waals surface area contributed by atoms with E-state index in [1.54, 1.807) is 28.5 Å². The zero-order valence-electron chi connectivity index (χ0n) is 12.1. The minimum atomic E-state index is 0.0719. The molecule has 22 heavy (non-hydrogen) atoms. The second-order valence-electron chi connectivity index (χ2n) is 5.46. The summed E-state index contributed by atoms with van der Waals surface area (Å²) in [5.74, 6) is 0.0719. The van der Waals surface area contributed by atoms with Crippen LogP contribution < -0.4 is 0 Å². The number of nitrogens with zero attached hydrogens (tertiary/aromatic N) is 5. The van der Waals surface area contributed by atoms with Gasteiger partial charge >= 0.3 is 0 Å². The highest BCUT2D eigenvalue weighted by molar-refractivity contribution is 7.18. The van der Waals surface area contributed by atoms with Gasteiger partial charge < -0.3 is 4.90 Å². The molecule has 3 heterocycles. The Balaban J connectivity index is 1.55. The number of hydrogen-bond acceptors (Lipinski definition) is 5. The van der Waals surface area contributed by atoms with Gasteiger partial charge in [0, 0.05) is 18.7 Å². The summed E-state index contributed by atoms with van der Waals surface area (Å²) in [5, 5.41) is 9.36. The number of aromatic nitrogens is 4. The number of benzene rings is 1. The van der Waals surface area contributed by atoms with Crippen LogP contribution in [0.3, 0.4) is 0 Å². The van der Waals surface area contributed by atoms with E-state index >= 15 is 0 Å². The van der Waals surface area contributed by atoms with Crippen molar-refractivity contribution in [2.45, 2.75) is 19.4 Å². The van der Waals surface area contributed by atoms with E-state index in [1.165, 1.54) is 0 Å². The largest absolute Gasteiger partial charge is 0.336 e. The first kappa shape index (κ1) is 13.4. The molecule has 7 heteroatoms. The van der Waals surface area contributed by atoms with E-state index in [9.17, 15) is 4.79 Å². The molecule has 3 aromatic rings. The quantitative estimate of drug-likeness (QED) is 0.728.